The largest absolute Gasteiger partial charge is 0.489 e. The molecule has 2 aromatic heterocycles. The highest BCUT2D eigenvalue weighted by Crippen LogP contribution is 2.41. The van der Waals surface area contributed by atoms with Crippen molar-refractivity contribution in [2.24, 2.45) is 0 Å². The van der Waals surface area contributed by atoms with Gasteiger partial charge in [-0.05, 0) is 23.8 Å². The molecule has 0 fully saturated rings. The normalized spacial score (nSPS) is 13.7. The van der Waals surface area contributed by atoms with Crippen molar-refractivity contribution in [3.8, 4) is 17.0 Å². The van der Waals surface area contributed by atoms with Crippen molar-refractivity contribution in [2.75, 3.05) is 0 Å². The second-order valence-corrected chi connectivity index (χ2v) is 9.63. The summed E-state index contributed by atoms with van der Waals surface area (Å²) in [5.41, 5.74) is 0.830. The summed E-state index contributed by atoms with van der Waals surface area (Å²) in [5, 5.41) is 18.4. The van der Waals surface area contributed by atoms with E-state index < -0.39 is 23.2 Å². The fourth-order valence-electron chi connectivity index (χ4n) is 4.17. The van der Waals surface area contributed by atoms with E-state index in [1.165, 1.54) is 34.7 Å². The monoisotopic (exact) mass is 518 g/mol. The lowest BCUT2D eigenvalue weighted by atomic mass is 9.82. The average Bonchev–Trinajstić information content (AvgIpc) is 3.60. The number of halogens is 2. The summed E-state index contributed by atoms with van der Waals surface area (Å²) < 4.78 is 35.9. The molecule has 0 unspecified atom stereocenters. The van der Waals surface area contributed by atoms with Gasteiger partial charge in [-0.3, -0.25) is 0 Å². The van der Waals surface area contributed by atoms with Crippen LogP contribution < -0.4 is 4.74 Å². The van der Waals surface area contributed by atoms with Crippen LogP contribution in [0.3, 0.4) is 0 Å². The van der Waals surface area contributed by atoms with Gasteiger partial charge in [-0.25, -0.2) is 23.4 Å². The Morgan fingerprint density at radius 2 is 1.89 bits per heavy atom. The molecular weight excluding hydrogens is 494 g/mol. The molecule has 0 bridgehead atoms. The van der Waals surface area contributed by atoms with Crippen molar-refractivity contribution in [3.63, 3.8) is 0 Å². The second kappa shape index (κ2) is 10.6. The molecule has 0 saturated heterocycles. The van der Waals surface area contributed by atoms with E-state index in [4.69, 9.17) is 9.72 Å². The predicted octanol–water partition coefficient (Wildman–Crippen LogP) is 5.95. The van der Waals surface area contributed by atoms with E-state index in [-0.39, 0.29) is 12.1 Å². The highest BCUT2D eigenvalue weighted by Gasteiger charge is 2.41. The van der Waals surface area contributed by atoms with E-state index in [1.807, 2.05) is 60.0 Å². The lowest BCUT2D eigenvalue weighted by molar-refractivity contribution is -0.0112. The maximum absolute atomic E-state index is 14.9. The molecule has 0 aliphatic carbocycles. The number of ether oxygens (including phenoxy) is 1. The Morgan fingerprint density at radius 3 is 2.65 bits per heavy atom. The topological polar surface area (TPSA) is 73.1 Å². The molecule has 9 heteroatoms. The fourth-order valence-corrected chi connectivity index (χ4v) is 5.14. The van der Waals surface area contributed by atoms with Gasteiger partial charge in [0.2, 0.25) is 0 Å². The Kier molecular flexibility index (Phi) is 7.07. The highest BCUT2D eigenvalue weighted by atomic mass is 32.1. The molecule has 6 nitrogen and oxygen atoms in total. The zero-order valence-corrected chi connectivity index (χ0v) is 20.8. The number of thiazole rings is 1. The van der Waals surface area contributed by atoms with Crippen molar-refractivity contribution in [1.29, 1.82) is 0 Å². The Hall–Kier alpha value is -3.95. The number of benzene rings is 3. The molecule has 0 radical (unpaired) electrons. The minimum Gasteiger partial charge on any atom is -0.489 e. The third-order valence-corrected chi connectivity index (χ3v) is 7.28. The van der Waals surface area contributed by atoms with Crippen molar-refractivity contribution in [1.82, 2.24) is 19.7 Å². The van der Waals surface area contributed by atoms with Crippen LogP contribution in [0.1, 0.15) is 29.0 Å². The number of hydrogen-bond acceptors (Lipinski definition) is 6. The summed E-state index contributed by atoms with van der Waals surface area (Å²) in [6, 6.07) is 20.7. The summed E-state index contributed by atoms with van der Waals surface area (Å²) in [5.74, 6) is -1.50. The molecule has 5 aromatic rings. The molecule has 188 valence electrons. The summed E-state index contributed by atoms with van der Waals surface area (Å²) in [6.45, 7) is 2.12. The van der Waals surface area contributed by atoms with E-state index in [9.17, 15) is 13.9 Å². The minimum atomic E-state index is -1.76. The standard InChI is InChI=1S/C28H24F2N4O2S/c1-19(28(35,16-34-18-31-17-32-34)24-11-10-22(29)13-25(24)30)27-33-26(15-37-27)21-8-5-9-23(12-21)36-14-20-6-3-2-4-7-20/h2-13,15,17-19,35H,14,16H2,1H3/t19-,28+/m0/s1. The van der Waals surface area contributed by atoms with Crippen LogP contribution >= 0.6 is 11.3 Å². The zero-order valence-electron chi connectivity index (χ0n) is 20.0. The molecule has 0 spiro atoms. The van der Waals surface area contributed by atoms with Gasteiger partial charge >= 0.3 is 0 Å². The molecule has 37 heavy (non-hydrogen) atoms. The Balaban J connectivity index is 1.42. The van der Waals surface area contributed by atoms with Crippen LogP contribution in [0.5, 0.6) is 5.75 Å². The maximum atomic E-state index is 14.9. The van der Waals surface area contributed by atoms with E-state index in [0.717, 1.165) is 23.3 Å². The summed E-state index contributed by atoms with van der Waals surface area (Å²) in [7, 11) is 0. The van der Waals surface area contributed by atoms with Gasteiger partial charge in [-0.15, -0.1) is 11.3 Å². The van der Waals surface area contributed by atoms with E-state index in [1.54, 1.807) is 6.92 Å². The van der Waals surface area contributed by atoms with Crippen LogP contribution in [0.4, 0.5) is 8.78 Å². The zero-order chi connectivity index (χ0) is 25.8. The second-order valence-electron chi connectivity index (χ2n) is 8.74. The quantitative estimate of drug-likeness (QED) is 0.261. The van der Waals surface area contributed by atoms with E-state index >= 15 is 0 Å². The van der Waals surface area contributed by atoms with Crippen molar-refractivity contribution in [3.05, 3.63) is 119 Å². The first-order chi connectivity index (χ1) is 17.9. The lowest BCUT2D eigenvalue weighted by Crippen LogP contribution is -2.38. The molecule has 0 amide bonds. The summed E-state index contributed by atoms with van der Waals surface area (Å²) >= 11 is 1.36. The van der Waals surface area contributed by atoms with E-state index in [0.29, 0.717) is 23.1 Å². The van der Waals surface area contributed by atoms with Crippen molar-refractivity contribution in [2.45, 2.75) is 31.6 Å². The number of nitrogens with zero attached hydrogens (tertiary/aromatic N) is 4. The van der Waals surface area contributed by atoms with Crippen molar-refractivity contribution >= 4 is 11.3 Å². The van der Waals surface area contributed by atoms with Crippen LogP contribution in [0.25, 0.3) is 11.3 Å². The number of rotatable bonds is 9. The summed E-state index contributed by atoms with van der Waals surface area (Å²) in [4.78, 5) is 8.69. The van der Waals surface area contributed by atoms with Gasteiger partial charge < -0.3 is 9.84 Å². The van der Waals surface area contributed by atoms with Crippen LogP contribution in [-0.2, 0) is 18.8 Å². The first-order valence-corrected chi connectivity index (χ1v) is 12.5. The first-order valence-electron chi connectivity index (χ1n) is 11.7. The average molecular weight is 519 g/mol. The number of aliphatic hydroxyl groups is 1. The van der Waals surface area contributed by atoms with Gasteiger partial charge in [0.15, 0.2) is 0 Å². The molecule has 3 aromatic carbocycles. The fraction of sp³-hybridized carbons (Fsp3) is 0.179. The van der Waals surface area contributed by atoms with E-state index in [2.05, 4.69) is 10.1 Å². The van der Waals surface area contributed by atoms with Crippen LogP contribution in [-0.4, -0.2) is 24.9 Å². The highest BCUT2D eigenvalue weighted by molar-refractivity contribution is 7.10. The Bertz CT molecular complexity index is 1480. The molecular formula is C28H24F2N4O2S. The van der Waals surface area contributed by atoms with Gasteiger partial charge in [0.05, 0.1) is 17.2 Å². The molecule has 0 aliphatic heterocycles. The first kappa shape index (κ1) is 24.7. The molecule has 2 atom stereocenters. The third kappa shape index (κ3) is 5.42. The van der Waals surface area contributed by atoms with Crippen LogP contribution in [0, 0.1) is 11.6 Å². The Labute approximate surface area is 216 Å². The van der Waals surface area contributed by atoms with Gasteiger partial charge in [-0.1, -0.05) is 55.5 Å². The molecule has 0 aliphatic rings. The van der Waals surface area contributed by atoms with Gasteiger partial charge in [0.25, 0.3) is 0 Å². The SMILES string of the molecule is C[C@@H](c1nc(-c2cccc(OCc3ccccc3)c2)cs1)[C@](O)(Cn1cncn1)c1ccc(F)cc1F. The summed E-state index contributed by atoms with van der Waals surface area (Å²) in [6.07, 6.45) is 2.77. The van der Waals surface area contributed by atoms with Crippen LogP contribution in [0.2, 0.25) is 0 Å². The molecule has 1 N–H and O–H groups in total. The number of aromatic nitrogens is 4. The van der Waals surface area contributed by atoms with Gasteiger partial charge in [0, 0.05) is 28.5 Å². The molecule has 2 heterocycles. The van der Waals surface area contributed by atoms with Gasteiger partial charge in [-0.2, -0.15) is 5.10 Å². The predicted molar refractivity (Wildman–Crippen MR) is 137 cm³/mol. The smallest absolute Gasteiger partial charge is 0.137 e. The van der Waals surface area contributed by atoms with Crippen molar-refractivity contribution < 1.29 is 18.6 Å². The molecule has 0 saturated carbocycles. The molecule has 5 rings (SSSR count). The van der Waals surface area contributed by atoms with Gasteiger partial charge in [0.1, 0.15) is 42.2 Å². The third-order valence-electron chi connectivity index (χ3n) is 6.25. The Morgan fingerprint density at radius 1 is 1.05 bits per heavy atom. The lowest BCUT2D eigenvalue weighted by Gasteiger charge is -2.33. The minimum absolute atomic E-state index is 0.0371. The maximum Gasteiger partial charge on any atom is 0.137 e. The number of hydrogen-bond donors (Lipinski definition) is 1. The van der Waals surface area contributed by atoms with Crippen LogP contribution in [0.15, 0.2) is 90.8 Å².